The first-order valence-corrected chi connectivity index (χ1v) is 5.10. The molecule has 4 heteroatoms. The fourth-order valence-electron chi connectivity index (χ4n) is 2.01. The number of anilines is 2. The molecule has 86 valence electrons. The van der Waals surface area contributed by atoms with Crippen molar-refractivity contribution in [1.29, 1.82) is 0 Å². The van der Waals surface area contributed by atoms with Crippen molar-refractivity contribution in [2.45, 2.75) is 0 Å². The van der Waals surface area contributed by atoms with E-state index in [2.05, 4.69) is 4.98 Å². The van der Waals surface area contributed by atoms with Crippen LogP contribution >= 0.6 is 12.4 Å². The Balaban J connectivity index is 0.00000108. The predicted octanol–water partition coefficient (Wildman–Crippen LogP) is 2.97. The molecule has 0 atom stereocenters. The van der Waals surface area contributed by atoms with Crippen LogP contribution in [0, 0.1) is 0 Å². The first-order valence-electron chi connectivity index (χ1n) is 5.10. The molecule has 0 unspecified atom stereocenters. The Hall–Kier alpha value is -2.00. The van der Waals surface area contributed by atoms with E-state index < -0.39 is 0 Å². The van der Waals surface area contributed by atoms with E-state index in [1.54, 1.807) is 0 Å². The fraction of sp³-hybridized carbons (Fsp3) is 0. The third-order valence-corrected chi connectivity index (χ3v) is 2.78. The van der Waals surface area contributed by atoms with E-state index in [-0.39, 0.29) is 12.4 Å². The molecule has 0 saturated carbocycles. The summed E-state index contributed by atoms with van der Waals surface area (Å²) < 4.78 is 0. The van der Waals surface area contributed by atoms with Crippen molar-refractivity contribution < 1.29 is 0 Å². The van der Waals surface area contributed by atoms with E-state index in [0.29, 0.717) is 11.4 Å². The minimum atomic E-state index is 0. The lowest BCUT2D eigenvalue weighted by Gasteiger charge is -2.08. The average molecular weight is 246 g/mol. The molecule has 17 heavy (non-hydrogen) atoms. The van der Waals surface area contributed by atoms with Gasteiger partial charge in [0.15, 0.2) is 0 Å². The normalized spacial score (nSPS) is 10.4. The van der Waals surface area contributed by atoms with E-state index in [4.69, 9.17) is 11.5 Å². The number of aromatic nitrogens is 1. The fourth-order valence-corrected chi connectivity index (χ4v) is 2.01. The van der Waals surface area contributed by atoms with Gasteiger partial charge in [-0.15, -0.1) is 12.4 Å². The van der Waals surface area contributed by atoms with Crippen molar-refractivity contribution >= 4 is 45.6 Å². The molecule has 0 aliphatic rings. The minimum Gasteiger partial charge on any atom is -0.398 e. The van der Waals surface area contributed by atoms with Gasteiger partial charge in [0.25, 0.3) is 0 Å². The van der Waals surface area contributed by atoms with Gasteiger partial charge < -0.3 is 11.5 Å². The largest absolute Gasteiger partial charge is 0.398 e. The molecule has 3 nitrogen and oxygen atoms in total. The van der Waals surface area contributed by atoms with Crippen molar-refractivity contribution in [3.8, 4) is 0 Å². The number of halogens is 1. The standard InChI is InChI=1S/C13H11N3.ClH/c14-9-5-3-7-11-12(9)13(15)8-4-1-2-6-10(8)16-11;/h1-7H,14H2,(H2,15,16);1H. The molecule has 0 aliphatic carbocycles. The Bertz CT molecular complexity index is 695. The summed E-state index contributed by atoms with van der Waals surface area (Å²) in [5.74, 6) is 0. The molecule has 0 aliphatic heterocycles. The minimum absolute atomic E-state index is 0. The zero-order valence-electron chi connectivity index (χ0n) is 9.05. The molecule has 0 fully saturated rings. The van der Waals surface area contributed by atoms with Crippen LogP contribution in [0.3, 0.4) is 0 Å². The van der Waals surface area contributed by atoms with Gasteiger partial charge in [0, 0.05) is 16.5 Å². The van der Waals surface area contributed by atoms with Gasteiger partial charge in [-0.25, -0.2) is 4.98 Å². The molecule has 3 rings (SSSR count). The number of nitrogens with two attached hydrogens (primary N) is 2. The van der Waals surface area contributed by atoms with E-state index >= 15 is 0 Å². The molecule has 1 heterocycles. The van der Waals surface area contributed by atoms with Gasteiger partial charge in [-0.05, 0) is 18.2 Å². The van der Waals surface area contributed by atoms with Gasteiger partial charge in [0.2, 0.25) is 0 Å². The SMILES string of the molecule is Cl.Nc1cccc2nc3ccccc3c(N)c12. The molecule has 0 spiro atoms. The number of pyridine rings is 1. The van der Waals surface area contributed by atoms with Gasteiger partial charge in [-0.3, -0.25) is 0 Å². The maximum absolute atomic E-state index is 6.14. The van der Waals surface area contributed by atoms with E-state index in [1.165, 1.54) is 0 Å². The van der Waals surface area contributed by atoms with Crippen LogP contribution in [-0.4, -0.2) is 4.98 Å². The summed E-state index contributed by atoms with van der Waals surface area (Å²) in [5.41, 5.74) is 15.2. The number of fused-ring (bicyclic) bond motifs is 2. The summed E-state index contributed by atoms with van der Waals surface area (Å²) in [5, 5.41) is 1.80. The molecule has 0 saturated heterocycles. The van der Waals surface area contributed by atoms with Crippen LogP contribution in [0.2, 0.25) is 0 Å². The van der Waals surface area contributed by atoms with E-state index in [1.807, 2.05) is 42.5 Å². The highest BCUT2D eigenvalue weighted by Gasteiger charge is 2.07. The molecule has 2 aromatic carbocycles. The number of nitrogens with zero attached hydrogens (tertiary/aromatic N) is 1. The second-order valence-corrected chi connectivity index (χ2v) is 3.78. The summed E-state index contributed by atoms with van der Waals surface area (Å²) in [7, 11) is 0. The number of rotatable bonds is 0. The number of nitrogen functional groups attached to an aromatic ring is 2. The molecule has 3 aromatic rings. The lowest BCUT2D eigenvalue weighted by Crippen LogP contribution is -1.96. The number of hydrogen-bond donors (Lipinski definition) is 2. The van der Waals surface area contributed by atoms with Crippen molar-refractivity contribution in [1.82, 2.24) is 4.98 Å². The molecule has 4 N–H and O–H groups in total. The first kappa shape index (κ1) is 11.5. The third kappa shape index (κ3) is 1.65. The van der Waals surface area contributed by atoms with Crippen molar-refractivity contribution in [2.24, 2.45) is 0 Å². The third-order valence-electron chi connectivity index (χ3n) is 2.78. The smallest absolute Gasteiger partial charge is 0.0751 e. The van der Waals surface area contributed by atoms with Crippen molar-refractivity contribution in [2.75, 3.05) is 11.5 Å². The highest BCUT2D eigenvalue weighted by Crippen LogP contribution is 2.31. The molecule has 0 amide bonds. The van der Waals surface area contributed by atoms with Gasteiger partial charge in [-0.2, -0.15) is 0 Å². The summed E-state index contributed by atoms with van der Waals surface area (Å²) >= 11 is 0. The number of hydrogen-bond acceptors (Lipinski definition) is 3. The zero-order chi connectivity index (χ0) is 11.1. The highest BCUT2D eigenvalue weighted by molar-refractivity contribution is 6.10. The van der Waals surface area contributed by atoms with Crippen LogP contribution in [0.25, 0.3) is 21.8 Å². The Labute approximate surface area is 105 Å². The van der Waals surface area contributed by atoms with Crippen LogP contribution < -0.4 is 11.5 Å². The number of para-hydroxylation sites is 1. The summed E-state index contributed by atoms with van der Waals surface area (Å²) in [4.78, 5) is 4.54. The van der Waals surface area contributed by atoms with Crippen molar-refractivity contribution in [3.63, 3.8) is 0 Å². The average Bonchev–Trinajstić information content (AvgIpc) is 2.29. The lowest BCUT2D eigenvalue weighted by atomic mass is 10.1. The molecule has 1 aromatic heterocycles. The predicted molar refractivity (Wildman–Crippen MR) is 75.3 cm³/mol. The lowest BCUT2D eigenvalue weighted by molar-refractivity contribution is 1.50. The van der Waals surface area contributed by atoms with Gasteiger partial charge >= 0.3 is 0 Å². The monoisotopic (exact) mass is 245 g/mol. The Kier molecular flexibility index (Phi) is 2.77. The van der Waals surface area contributed by atoms with E-state index in [0.717, 1.165) is 21.8 Å². The van der Waals surface area contributed by atoms with Gasteiger partial charge in [-0.1, -0.05) is 24.3 Å². The van der Waals surface area contributed by atoms with Crippen LogP contribution in [0.5, 0.6) is 0 Å². The molecule has 0 bridgehead atoms. The summed E-state index contributed by atoms with van der Waals surface area (Å²) in [6.07, 6.45) is 0. The Morgan fingerprint density at radius 2 is 1.53 bits per heavy atom. The second-order valence-electron chi connectivity index (χ2n) is 3.78. The maximum Gasteiger partial charge on any atom is 0.0751 e. The topological polar surface area (TPSA) is 64.9 Å². The van der Waals surface area contributed by atoms with Crippen LogP contribution in [0.4, 0.5) is 11.4 Å². The quantitative estimate of drug-likeness (QED) is 0.473. The van der Waals surface area contributed by atoms with Crippen molar-refractivity contribution in [3.05, 3.63) is 42.5 Å². The Morgan fingerprint density at radius 1 is 0.824 bits per heavy atom. The second kappa shape index (κ2) is 4.11. The number of benzene rings is 2. The van der Waals surface area contributed by atoms with Crippen LogP contribution in [0.1, 0.15) is 0 Å². The van der Waals surface area contributed by atoms with Gasteiger partial charge in [0.1, 0.15) is 0 Å². The highest BCUT2D eigenvalue weighted by atomic mass is 35.5. The summed E-state index contributed by atoms with van der Waals surface area (Å²) in [6.45, 7) is 0. The molecule has 0 radical (unpaired) electrons. The van der Waals surface area contributed by atoms with Crippen LogP contribution in [-0.2, 0) is 0 Å². The molecular formula is C13H12ClN3. The maximum atomic E-state index is 6.14. The van der Waals surface area contributed by atoms with E-state index in [9.17, 15) is 0 Å². The first-order chi connectivity index (χ1) is 7.77. The zero-order valence-corrected chi connectivity index (χ0v) is 9.87. The Morgan fingerprint density at radius 3 is 2.35 bits per heavy atom. The summed E-state index contributed by atoms with van der Waals surface area (Å²) in [6, 6.07) is 13.5. The van der Waals surface area contributed by atoms with Gasteiger partial charge in [0.05, 0.1) is 16.7 Å². The molecular weight excluding hydrogens is 234 g/mol. The van der Waals surface area contributed by atoms with Crippen LogP contribution in [0.15, 0.2) is 42.5 Å².